The maximum Gasteiger partial charge on any atom is 0.160 e. The zero-order valence-electron chi connectivity index (χ0n) is 12.8. The number of likely N-dealkylation sites (N-methyl/N-ethyl adjacent to an activating group) is 1. The van der Waals surface area contributed by atoms with Crippen molar-refractivity contribution in [3.05, 3.63) is 46.5 Å². The molecule has 0 amide bonds. The van der Waals surface area contributed by atoms with Crippen LogP contribution in [0.2, 0.25) is 0 Å². The standard InChI is InChI=1S/C17H20N4S/c1-2-20-9-7-13(11-20)16-19-15-6-3-8-18-17(15)21(16)12-14-5-4-10-22-14/h3-6,8,10,13H,2,7,9,11-12H2,1H3. The number of hydrogen-bond acceptors (Lipinski definition) is 4. The minimum Gasteiger partial charge on any atom is -0.307 e. The largest absolute Gasteiger partial charge is 0.307 e. The minimum absolute atomic E-state index is 0.522. The molecule has 1 aliphatic rings. The Labute approximate surface area is 134 Å². The van der Waals surface area contributed by atoms with Crippen LogP contribution in [0.3, 0.4) is 0 Å². The first-order valence-corrected chi connectivity index (χ1v) is 8.79. The first-order valence-electron chi connectivity index (χ1n) is 7.91. The highest BCUT2D eigenvalue weighted by molar-refractivity contribution is 7.09. The Balaban J connectivity index is 1.76. The van der Waals surface area contributed by atoms with Gasteiger partial charge in [0.15, 0.2) is 5.65 Å². The van der Waals surface area contributed by atoms with E-state index in [9.17, 15) is 0 Å². The van der Waals surface area contributed by atoms with Crippen LogP contribution in [0.1, 0.15) is 30.0 Å². The normalized spacial score (nSPS) is 19.2. The van der Waals surface area contributed by atoms with Gasteiger partial charge in [-0.2, -0.15) is 0 Å². The second-order valence-corrected chi connectivity index (χ2v) is 6.89. The Morgan fingerprint density at radius 3 is 3.05 bits per heavy atom. The molecule has 4 rings (SSSR count). The zero-order valence-corrected chi connectivity index (χ0v) is 13.6. The van der Waals surface area contributed by atoms with Gasteiger partial charge in [-0.05, 0) is 43.1 Å². The lowest BCUT2D eigenvalue weighted by Crippen LogP contribution is -2.20. The van der Waals surface area contributed by atoms with E-state index in [4.69, 9.17) is 4.98 Å². The van der Waals surface area contributed by atoms with Crippen LogP contribution in [0.25, 0.3) is 11.2 Å². The van der Waals surface area contributed by atoms with Crippen molar-refractivity contribution in [2.24, 2.45) is 0 Å². The van der Waals surface area contributed by atoms with E-state index in [0.29, 0.717) is 5.92 Å². The zero-order chi connectivity index (χ0) is 14.9. The van der Waals surface area contributed by atoms with Crippen LogP contribution < -0.4 is 0 Å². The molecular weight excluding hydrogens is 292 g/mol. The summed E-state index contributed by atoms with van der Waals surface area (Å²) < 4.78 is 2.32. The first kappa shape index (κ1) is 13.9. The van der Waals surface area contributed by atoms with Crippen molar-refractivity contribution in [3.63, 3.8) is 0 Å². The molecule has 0 saturated carbocycles. The van der Waals surface area contributed by atoms with Crippen molar-refractivity contribution in [2.45, 2.75) is 25.8 Å². The summed E-state index contributed by atoms with van der Waals surface area (Å²) >= 11 is 1.80. The van der Waals surface area contributed by atoms with Crippen LogP contribution in [-0.4, -0.2) is 39.1 Å². The maximum absolute atomic E-state index is 4.92. The van der Waals surface area contributed by atoms with Gasteiger partial charge in [-0.3, -0.25) is 0 Å². The van der Waals surface area contributed by atoms with Crippen molar-refractivity contribution >= 4 is 22.5 Å². The number of thiophene rings is 1. The Morgan fingerprint density at radius 2 is 2.27 bits per heavy atom. The average Bonchev–Trinajstić information content (AvgIpc) is 3.27. The molecule has 3 aromatic rings. The molecular formula is C17H20N4S. The average molecular weight is 312 g/mol. The summed E-state index contributed by atoms with van der Waals surface area (Å²) in [6.45, 7) is 6.53. The van der Waals surface area contributed by atoms with Crippen molar-refractivity contribution in [1.82, 2.24) is 19.4 Å². The highest BCUT2D eigenvalue weighted by Crippen LogP contribution is 2.29. The molecule has 3 aromatic heterocycles. The molecule has 1 saturated heterocycles. The van der Waals surface area contributed by atoms with Gasteiger partial charge in [0.1, 0.15) is 11.3 Å². The number of aromatic nitrogens is 3. The molecule has 1 atom stereocenters. The molecule has 1 fully saturated rings. The summed E-state index contributed by atoms with van der Waals surface area (Å²) in [7, 11) is 0. The number of fused-ring (bicyclic) bond motifs is 1. The molecule has 1 aliphatic heterocycles. The van der Waals surface area contributed by atoms with E-state index in [-0.39, 0.29) is 0 Å². The van der Waals surface area contributed by atoms with Gasteiger partial charge in [0.25, 0.3) is 0 Å². The Bertz CT molecular complexity index is 762. The molecule has 0 aliphatic carbocycles. The Kier molecular flexibility index (Phi) is 3.68. The van der Waals surface area contributed by atoms with Gasteiger partial charge in [-0.15, -0.1) is 11.3 Å². The maximum atomic E-state index is 4.92. The molecule has 1 unspecified atom stereocenters. The minimum atomic E-state index is 0.522. The van der Waals surface area contributed by atoms with E-state index < -0.39 is 0 Å². The second kappa shape index (κ2) is 5.82. The third-order valence-corrected chi connectivity index (χ3v) is 5.37. The van der Waals surface area contributed by atoms with Crippen LogP contribution >= 0.6 is 11.3 Å². The Morgan fingerprint density at radius 1 is 1.32 bits per heavy atom. The molecule has 0 bridgehead atoms. The number of hydrogen-bond donors (Lipinski definition) is 0. The lowest BCUT2D eigenvalue weighted by molar-refractivity contribution is 0.352. The summed E-state index contributed by atoms with van der Waals surface area (Å²) in [4.78, 5) is 13.4. The number of nitrogens with zero attached hydrogens (tertiary/aromatic N) is 4. The van der Waals surface area contributed by atoms with Gasteiger partial charge in [0.2, 0.25) is 0 Å². The quantitative estimate of drug-likeness (QED) is 0.741. The fourth-order valence-electron chi connectivity index (χ4n) is 3.33. The van der Waals surface area contributed by atoms with E-state index in [2.05, 4.69) is 45.0 Å². The van der Waals surface area contributed by atoms with Crippen LogP contribution in [0.4, 0.5) is 0 Å². The first-order chi connectivity index (χ1) is 10.8. The third-order valence-electron chi connectivity index (χ3n) is 4.51. The number of pyridine rings is 1. The van der Waals surface area contributed by atoms with Crippen molar-refractivity contribution in [1.29, 1.82) is 0 Å². The number of likely N-dealkylation sites (tertiary alicyclic amines) is 1. The van der Waals surface area contributed by atoms with E-state index in [1.165, 1.54) is 23.7 Å². The lowest BCUT2D eigenvalue weighted by atomic mass is 10.1. The molecule has 4 heterocycles. The summed E-state index contributed by atoms with van der Waals surface area (Å²) in [6, 6.07) is 8.35. The summed E-state index contributed by atoms with van der Waals surface area (Å²) in [5.74, 6) is 1.73. The SMILES string of the molecule is CCN1CCC(c2nc3cccnc3n2Cc2cccs2)C1. The number of rotatable bonds is 4. The van der Waals surface area contributed by atoms with Crippen molar-refractivity contribution < 1.29 is 0 Å². The van der Waals surface area contributed by atoms with Crippen LogP contribution in [-0.2, 0) is 6.54 Å². The van der Waals surface area contributed by atoms with E-state index >= 15 is 0 Å². The van der Waals surface area contributed by atoms with Gasteiger partial charge in [0.05, 0.1) is 6.54 Å². The summed E-state index contributed by atoms with van der Waals surface area (Å²) in [5, 5.41) is 2.13. The molecule has 0 radical (unpaired) electrons. The van der Waals surface area contributed by atoms with Crippen LogP contribution in [0, 0.1) is 0 Å². The molecule has 114 valence electrons. The summed E-state index contributed by atoms with van der Waals surface area (Å²) in [6.07, 6.45) is 3.06. The fourth-order valence-corrected chi connectivity index (χ4v) is 4.03. The molecule has 0 N–H and O–H groups in total. The molecule has 5 heteroatoms. The highest BCUT2D eigenvalue weighted by atomic mass is 32.1. The predicted octanol–water partition coefficient (Wildman–Crippen LogP) is 3.35. The molecule has 0 spiro atoms. The number of imidazole rings is 1. The summed E-state index contributed by atoms with van der Waals surface area (Å²) in [5.41, 5.74) is 2.03. The predicted molar refractivity (Wildman–Crippen MR) is 90.4 cm³/mol. The lowest BCUT2D eigenvalue weighted by Gasteiger charge is -2.14. The monoisotopic (exact) mass is 312 g/mol. The third kappa shape index (κ3) is 2.44. The van der Waals surface area contributed by atoms with E-state index in [0.717, 1.165) is 30.8 Å². The van der Waals surface area contributed by atoms with Gasteiger partial charge in [-0.1, -0.05) is 13.0 Å². The van der Waals surface area contributed by atoms with Gasteiger partial charge < -0.3 is 9.47 Å². The smallest absolute Gasteiger partial charge is 0.160 e. The molecule has 0 aromatic carbocycles. The van der Waals surface area contributed by atoms with Crippen molar-refractivity contribution in [3.8, 4) is 0 Å². The topological polar surface area (TPSA) is 34.0 Å². The molecule has 4 nitrogen and oxygen atoms in total. The van der Waals surface area contributed by atoms with Gasteiger partial charge in [-0.25, -0.2) is 9.97 Å². The second-order valence-electron chi connectivity index (χ2n) is 5.86. The van der Waals surface area contributed by atoms with Crippen molar-refractivity contribution in [2.75, 3.05) is 19.6 Å². The Hall–Kier alpha value is -1.72. The van der Waals surface area contributed by atoms with Gasteiger partial charge >= 0.3 is 0 Å². The van der Waals surface area contributed by atoms with Gasteiger partial charge in [0, 0.05) is 23.5 Å². The van der Waals surface area contributed by atoms with E-state index in [1.807, 2.05) is 12.3 Å². The van der Waals surface area contributed by atoms with Crippen LogP contribution in [0.15, 0.2) is 35.8 Å². The van der Waals surface area contributed by atoms with E-state index in [1.54, 1.807) is 11.3 Å². The fraction of sp³-hybridized carbons (Fsp3) is 0.412. The molecule has 22 heavy (non-hydrogen) atoms. The highest BCUT2D eigenvalue weighted by Gasteiger charge is 2.28. The van der Waals surface area contributed by atoms with Crippen LogP contribution in [0.5, 0.6) is 0 Å².